The van der Waals surface area contributed by atoms with Gasteiger partial charge < -0.3 is 18.8 Å². The molecule has 1 aliphatic heterocycles. The van der Waals surface area contributed by atoms with E-state index in [1.165, 1.54) is 12.8 Å². The second kappa shape index (κ2) is 9.73. The van der Waals surface area contributed by atoms with Crippen molar-refractivity contribution < 1.29 is 13.9 Å². The fourth-order valence-corrected chi connectivity index (χ4v) is 4.17. The third kappa shape index (κ3) is 5.06. The van der Waals surface area contributed by atoms with E-state index >= 15 is 0 Å². The molecule has 154 valence electrons. The highest BCUT2D eigenvalue weighted by atomic mass is 32.2. The molecule has 0 bridgehead atoms. The van der Waals surface area contributed by atoms with Crippen molar-refractivity contribution in [2.24, 2.45) is 0 Å². The standard InChI is InChI=1S/C21H26N4O3S/c1-26-17-7-9-18(10-8-17)27-14-5-15-29-21-23-22-20(24-11-2-3-12-24)25(21)16-19-6-4-13-28-19/h4,6-10,13H,2-3,5,11-12,14-16H2,1H3. The summed E-state index contributed by atoms with van der Waals surface area (Å²) in [6.45, 7) is 3.38. The topological polar surface area (TPSA) is 65.6 Å². The maximum atomic E-state index is 5.81. The van der Waals surface area contributed by atoms with E-state index in [1.807, 2.05) is 36.4 Å². The van der Waals surface area contributed by atoms with Gasteiger partial charge in [-0.05, 0) is 55.7 Å². The number of nitrogens with zero attached hydrogens (tertiary/aromatic N) is 4. The molecule has 0 saturated carbocycles. The number of aromatic nitrogens is 3. The molecular weight excluding hydrogens is 388 g/mol. The van der Waals surface area contributed by atoms with Crippen molar-refractivity contribution in [3.63, 3.8) is 0 Å². The van der Waals surface area contributed by atoms with E-state index in [9.17, 15) is 0 Å². The Balaban J connectivity index is 1.32. The van der Waals surface area contributed by atoms with Crippen LogP contribution in [0.3, 0.4) is 0 Å². The molecule has 0 amide bonds. The molecule has 4 rings (SSSR count). The molecule has 0 atom stereocenters. The van der Waals surface area contributed by atoms with Crippen LogP contribution in [0, 0.1) is 0 Å². The van der Waals surface area contributed by atoms with Crippen LogP contribution >= 0.6 is 11.8 Å². The molecule has 0 unspecified atom stereocenters. The molecule has 1 aromatic carbocycles. The van der Waals surface area contributed by atoms with Crippen LogP contribution in [0.15, 0.2) is 52.2 Å². The number of rotatable bonds is 10. The van der Waals surface area contributed by atoms with Gasteiger partial charge in [0.2, 0.25) is 5.95 Å². The van der Waals surface area contributed by atoms with Gasteiger partial charge in [-0.2, -0.15) is 0 Å². The van der Waals surface area contributed by atoms with Crippen LogP contribution < -0.4 is 14.4 Å². The minimum absolute atomic E-state index is 0.649. The lowest BCUT2D eigenvalue weighted by Gasteiger charge is -2.17. The largest absolute Gasteiger partial charge is 0.497 e. The first-order chi connectivity index (χ1) is 14.3. The van der Waals surface area contributed by atoms with Crippen molar-refractivity contribution in [2.45, 2.75) is 31.0 Å². The Morgan fingerprint density at radius 3 is 2.59 bits per heavy atom. The summed E-state index contributed by atoms with van der Waals surface area (Å²) in [5.74, 6) is 4.45. The zero-order valence-electron chi connectivity index (χ0n) is 16.6. The highest BCUT2D eigenvalue weighted by Crippen LogP contribution is 2.26. The SMILES string of the molecule is COc1ccc(OCCCSc2nnc(N3CCCC3)n2Cc2ccco2)cc1. The Bertz CT molecular complexity index is 874. The van der Waals surface area contributed by atoms with Crippen LogP contribution in [0.4, 0.5) is 5.95 Å². The number of hydrogen-bond donors (Lipinski definition) is 0. The molecule has 0 N–H and O–H groups in total. The van der Waals surface area contributed by atoms with Gasteiger partial charge in [0.1, 0.15) is 17.3 Å². The minimum Gasteiger partial charge on any atom is -0.497 e. The summed E-state index contributed by atoms with van der Waals surface area (Å²) in [5, 5.41) is 9.85. The maximum Gasteiger partial charge on any atom is 0.228 e. The van der Waals surface area contributed by atoms with Gasteiger partial charge in [-0.25, -0.2) is 0 Å². The molecule has 0 aliphatic carbocycles. The Kier molecular flexibility index (Phi) is 6.61. The van der Waals surface area contributed by atoms with Gasteiger partial charge in [0, 0.05) is 18.8 Å². The minimum atomic E-state index is 0.649. The number of furan rings is 1. The molecule has 7 nitrogen and oxygen atoms in total. The van der Waals surface area contributed by atoms with E-state index < -0.39 is 0 Å². The fraction of sp³-hybridized carbons (Fsp3) is 0.429. The molecule has 0 radical (unpaired) electrons. The van der Waals surface area contributed by atoms with Crippen molar-refractivity contribution in [2.75, 3.05) is 37.5 Å². The average Bonchev–Trinajstić information content (AvgIpc) is 3.51. The highest BCUT2D eigenvalue weighted by molar-refractivity contribution is 7.99. The summed E-state index contributed by atoms with van der Waals surface area (Å²) < 4.78 is 18.7. The molecule has 0 spiro atoms. The zero-order chi connectivity index (χ0) is 19.9. The Morgan fingerprint density at radius 2 is 1.86 bits per heavy atom. The first-order valence-corrected chi connectivity index (χ1v) is 10.9. The Morgan fingerprint density at radius 1 is 1.07 bits per heavy atom. The maximum absolute atomic E-state index is 5.81. The molecular formula is C21H26N4O3S. The number of methoxy groups -OCH3 is 1. The summed E-state index contributed by atoms with van der Waals surface area (Å²) in [4.78, 5) is 2.31. The van der Waals surface area contributed by atoms with E-state index in [0.29, 0.717) is 13.2 Å². The van der Waals surface area contributed by atoms with Crippen molar-refractivity contribution >= 4 is 17.7 Å². The summed E-state index contributed by atoms with van der Waals surface area (Å²) in [7, 11) is 1.66. The molecule has 1 saturated heterocycles. The van der Waals surface area contributed by atoms with Crippen LogP contribution in [-0.4, -0.2) is 47.3 Å². The van der Waals surface area contributed by atoms with Gasteiger partial charge in [0.05, 0.1) is 26.5 Å². The normalized spacial score (nSPS) is 13.8. The van der Waals surface area contributed by atoms with Gasteiger partial charge >= 0.3 is 0 Å². The van der Waals surface area contributed by atoms with Crippen molar-refractivity contribution in [1.82, 2.24) is 14.8 Å². The average molecular weight is 415 g/mol. The van der Waals surface area contributed by atoms with Gasteiger partial charge in [-0.3, -0.25) is 4.57 Å². The van der Waals surface area contributed by atoms with Crippen LogP contribution in [0.2, 0.25) is 0 Å². The lowest BCUT2D eigenvalue weighted by Crippen LogP contribution is -2.22. The van der Waals surface area contributed by atoms with E-state index in [1.54, 1.807) is 25.1 Å². The van der Waals surface area contributed by atoms with Crippen LogP contribution in [0.25, 0.3) is 0 Å². The van der Waals surface area contributed by atoms with Gasteiger partial charge in [-0.15, -0.1) is 10.2 Å². The second-order valence-electron chi connectivity index (χ2n) is 6.87. The number of hydrogen-bond acceptors (Lipinski definition) is 7. The Labute approximate surface area is 175 Å². The number of benzene rings is 1. The number of thioether (sulfide) groups is 1. The number of anilines is 1. The first-order valence-electron chi connectivity index (χ1n) is 9.93. The van der Waals surface area contributed by atoms with Crippen molar-refractivity contribution in [3.8, 4) is 11.5 Å². The molecule has 3 heterocycles. The molecule has 29 heavy (non-hydrogen) atoms. The molecule has 8 heteroatoms. The van der Waals surface area contributed by atoms with E-state index in [2.05, 4.69) is 19.7 Å². The molecule has 1 fully saturated rings. The van der Waals surface area contributed by atoms with E-state index in [4.69, 9.17) is 13.9 Å². The third-order valence-electron chi connectivity index (χ3n) is 4.83. The van der Waals surface area contributed by atoms with Gasteiger partial charge in [-0.1, -0.05) is 11.8 Å². The predicted molar refractivity (Wildman–Crippen MR) is 113 cm³/mol. The lowest BCUT2D eigenvalue weighted by atomic mass is 10.3. The summed E-state index contributed by atoms with van der Waals surface area (Å²) >= 11 is 1.71. The lowest BCUT2D eigenvalue weighted by molar-refractivity contribution is 0.318. The van der Waals surface area contributed by atoms with E-state index in [0.717, 1.165) is 53.6 Å². The van der Waals surface area contributed by atoms with Gasteiger partial charge in [0.15, 0.2) is 5.16 Å². The molecule has 3 aromatic rings. The highest BCUT2D eigenvalue weighted by Gasteiger charge is 2.22. The predicted octanol–water partition coefficient (Wildman–Crippen LogP) is 4.09. The van der Waals surface area contributed by atoms with Crippen LogP contribution in [0.1, 0.15) is 25.0 Å². The quantitative estimate of drug-likeness (QED) is 0.366. The second-order valence-corrected chi connectivity index (χ2v) is 7.93. The van der Waals surface area contributed by atoms with Crippen molar-refractivity contribution in [1.29, 1.82) is 0 Å². The zero-order valence-corrected chi connectivity index (χ0v) is 17.4. The molecule has 2 aromatic heterocycles. The van der Waals surface area contributed by atoms with Gasteiger partial charge in [0.25, 0.3) is 0 Å². The number of ether oxygens (including phenoxy) is 2. The monoisotopic (exact) mass is 414 g/mol. The Hall–Kier alpha value is -2.61. The smallest absolute Gasteiger partial charge is 0.228 e. The van der Waals surface area contributed by atoms with Crippen molar-refractivity contribution in [3.05, 3.63) is 48.4 Å². The fourth-order valence-electron chi connectivity index (χ4n) is 3.32. The van der Waals surface area contributed by atoms with Crippen LogP contribution in [0.5, 0.6) is 11.5 Å². The first kappa shape index (κ1) is 19.7. The van der Waals surface area contributed by atoms with Crippen LogP contribution in [-0.2, 0) is 6.54 Å². The summed E-state index contributed by atoms with van der Waals surface area (Å²) in [6, 6.07) is 11.6. The molecule has 1 aliphatic rings. The summed E-state index contributed by atoms with van der Waals surface area (Å²) in [6.07, 6.45) is 5.04. The van der Waals surface area contributed by atoms with E-state index in [-0.39, 0.29) is 0 Å². The summed E-state index contributed by atoms with van der Waals surface area (Å²) in [5.41, 5.74) is 0. The third-order valence-corrected chi connectivity index (χ3v) is 5.88.